The lowest BCUT2D eigenvalue weighted by atomic mass is 9.95. The molecule has 0 aromatic heterocycles. The third-order valence-electron chi connectivity index (χ3n) is 6.86. The van der Waals surface area contributed by atoms with Crippen LogP contribution in [0.2, 0.25) is 5.02 Å². The third kappa shape index (κ3) is 6.91. The number of ketones is 1. The summed E-state index contributed by atoms with van der Waals surface area (Å²) in [4.78, 5) is 27.8. The third-order valence-corrected chi connectivity index (χ3v) is 7.20. The van der Waals surface area contributed by atoms with E-state index in [4.69, 9.17) is 16.3 Å². The number of ether oxygens (including phenoxy) is 1. The Kier molecular flexibility index (Phi) is 10.9. The van der Waals surface area contributed by atoms with Crippen molar-refractivity contribution >= 4 is 29.1 Å². The molecule has 6 heteroatoms. The van der Waals surface area contributed by atoms with Crippen LogP contribution < -0.4 is 4.74 Å². The van der Waals surface area contributed by atoms with E-state index in [1.165, 1.54) is 44.9 Å². The summed E-state index contributed by atoms with van der Waals surface area (Å²) in [6.07, 6.45) is 11.8. The standard InChI is InChI=1S/C30H38ClNO4/c1-3-4-5-6-7-8-9-10-11-14-21-32-27(24-15-12-13-16-25(24)31)26(29(34)30(32)35)28(33)22-17-19-23(36-2)20-18-22/h12-13,15-20,27,33H,3-11,14,21H2,1-2H3/t27-/m1/s1. The summed E-state index contributed by atoms with van der Waals surface area (Å²) in [6, 6.07) is 13.2. The number of nitrogens with zero attached hydrogens (tertiary/aromatic N) is 1. The maximum atomic E-state index is 13.2. The van der Waals surface area contributed by atoms with Crippen molar-refractivity contribution in [2.24, 2.45) is 0 Å². The number of Topliss-reactive ketones (excluding diaryl/α,β-unsaturated/α-hetero) is 1. The molecule has 1 atom stereocenters. The van der Waals surface area contributed by atoms with Gasteiger partial charge < -0.3 is 14.7 Å². The van der Waals surface area contributed by atoms with E-state index >= 15 is 0 Å². The van der Waals surface area contributed by atoms with E-state index in [-0.39, 0.29) is 11.3 Å². The number of methoxy groups -OCH3 is 1. The lowest BCUT2D eigenvalue weighted by molar-refractivity contribution is -0.139. The largest absolute Gasteiger partial charge is 0.507 e. The monoisotopic (exact) mass is 511 g/mol. The molecule has 1 aliphatic heterocycles. The fourth-order valence-corrected chi connectivity index (χ4v) is 5.04. The van der Waals surface area contributed by atoms with Crippen LogP contribution >= 0.6 is 11.6 Å². The Labute approximate surface area is 220 Å². The zero-order valence-electron chi connectivity index (χ0n) is 21.5. The molecule has 194 valence electrons. The van der Waals surface area contributed by atoms with Gasteiger partial charge in [-0.1, -0.05) is 94.5 Å². The highest BCUT2D eigenvalue weighted by atomic mass is 35.5. The van der Waals surface area contributed by atoms with Gasteiger partial charge in [0.25, 0.3) is 11.7 Å². The fraction of sp³-hybridized carbons (Fsp3) is 0.467. The van der Waals surface area contributed by atoms with Gasteiger partial charge in [0.1, 0.15) is 11.5 Å². The number of rotatable bonds is 14. The first-order valence-corrected chi connectivity index (χ1v) is 13.5. The first-order chi connectivity index (χ1) is 17.5. The van der Waals surface area contributed by atoms with E-state index < -0.39 is 17.7 Å². The van der Waals surface area contributed by atoms with Gasteiger partial charge in [-0.25, -0.2) is 0 Å². The number of carbonyl (C=O) groups excluding carboxylic acids is 2. The molecular formula is C30H38ClNO4. The minimum atomic E-state index is -0.723. The SMILES string of the molecule is CCCCCCCCCCCCN1C(=O)C(=O)C(=C(O)c2ccc(OC)cc2)[C@H]1c1ccccc1Cl. The van der Waals surface area contributed by atoms with Gasteiger partial charge >= 0.3 is 0 Å². The maximum absolute atomic E-state index is 13.2. The quantitative estimate of drug-likeness (QED) is 0.122. The van der Waals surface area contributed by atoms with Crippen molar-refractivity contribution < 1.29 is 19.4 Å². The average Bonchev–Trinajstić information content (AvgIpc) is 3.14. The van der Waals surface area contributed by atoms with Crippen LogP contribution in [0.4, 0.5) is 0 Å². The second-order valence-electron chi connectivity index (χ2n) is 9.42. The summed E-state index contributed by atoms with van der Waals surface area (Å²) in [5.74, 6) is -0.840. The molecule has 36 heavy (non-hydrogen) atoms. The molecule has 1 aliphatic rings. The molecule has 0 bridgehead atoms. The number of benzene rings is 2. The van der Waals surface area contributed by atoms with E-state index in [9.17, 15) is 14.7 Å². The predicted octanol–water partition coefficient (Wildman–Crippen LogP) is 7.69. The Morgan fingerprint density at radius 3 is 2.06 bits per heavy atom. The zero-order valence-corrected chi connectivity index (χ0v) is 22.2. The molecule has 1 heterocycles. The summed E-state index contributed by atoms with van der Waals surface area (Å²) in [5.41, 5.74) is 1.16. The lowest BCUT2D eigenvalue weighted by Gasteiger charge is -2.26. The summed E-state index contributed by atoms with van der Waals surface area (Å²) in [5, 5.41) is 11.6. The van der Waals surface area contributed by atoms with Crippen molar-refractivity contribution in [3.63, 3.8) is 0 Å². The Morgan fingerprint density at radius 1 is 0.889 bits per heavy atom. The molecule has 2 aromatic rings. The van der Waals surface area contributed by atoms with Crippen LogP contribution in [0.25, 0.3) is 5.76 Å². The molecule has 0 aliphatic carbocycles. The molecule has 5 nitrogen and oxygen atoms in total. The number of aliphatic hydroxyl groups excluding tert-OH is 1. The highest BCUT2D eigenvalue weighted by Gasteiger charge is 2.46. The molecule has 1 amide bonds. The van der Waals surface area contributed by atoms with Crippen molar-refractivity contribution in [2.75, 3.05) is 13.7 Å². The second-order valence-corrected chi connectivity index (χ2v) is 9.83. The van der Waals surface area contributed by atoms with Crippen molar-refractivity contribution in [3.05, 3.63) is 70.3 Å². The molecule has 1 fully saturated rings. The van der Waals surface area contributed by atoms with Crippen molar-refractivity contribution in [1.29, 1.82) is 0 Å². The fourth-order valence-electron chi connectivity index (χ4n) is 4.80. The van der Waals surface area contributed by atoms with Crippen LogP contribution in [-0.4, -0.2) is 35.4 Å². The Morgan fingerprint density at radius 2 is 1.47 bits per heavy atom. The Balaban J connectivity index is 1.74. The number of hydrogen-bond acceptors (Lipinski definition) is 4. The molecule has 2 aromatic carbocycles. The molecule has 1 N–H and O–H groups in total. The summed E-state index contributed by atoms with van der Waals surface area (Å²) in [7, 11) is 1.56. The molecule has 0 unspecified atom stereocenters. The smallest absolute Gasteiger partial charge is 0.295 e. The van der Waals surface area contributed by atoms with E-state index in [1.807, 2.05) is 18.2 Å². The number of carbonyl (C=O) groups is 2. The van der Waals surface area contributed by atoms with Gasteiger partial charge in [-0.2, -0.15) is 0 Å². The number of amides is 1. The Hall–Kier alpha value is -2.79. The topological polar surface area (TPSA) is 66.8 Å². The van der Waals surface area contributed by atoms with Gasteiger partial charge in [0.15, 0.2) is 0 Å². The molecule has 0 spiro atoms. The number of halogens is 1. The highest BCUT2D eigenvalue weighted by Crippen LogP contribution is 2.42. The van der Waals surface area contributed by atoms with Crippen LogP contribution in [0.15, 0.2) is 54.1 Å². The highest BCUT2D eigenvalue weighted by molar-refractivity contribution is 6.47. The second kappa shape index (κ2) is 14.1. The van der Waals surface area contributed by atoms with Crippen molar-refractivity contribution in [1.82, 2.24) is 4.90 Å². The number of unbranched alkanes of at least 4 members (excludes halogenated alkanes) is 9. The van der Waals surface area contributed by atoms with Crippen LogP contribution in [0, 0.1) is 0 Å². The van der Waals surface area contributed by atoms with Gasteiger partial charge in [-0.3, -0.25) is 9.59 Å². The summed E-state index contributed by atoms with van der Waals surface area (Å²) >= 11 is 6.51. The zero-order chi connectivity index (χ0) is 25.9. The molecule has 0 saturated carbocycles. The Bertz CT molecular complexity index is 1050. The van der Waals surface area contributed by atoms with Gasteiger partial charge in [0.2, 0.25) is 0 Å². The minimum Gasteiger partial charge on any atom is -0.507 e. The van der Waals surface area contributed by atoms with Gasteiger partial charge in [0, 0.05) is 17.1 Å². The lowest BCUT2D eigenvalue weighted by Crippen LogP contribution is -2.30. The summed E-state index contributed by atoms with van der Waals surface area (Å²) < 4.78 is 5.19. The van der Waals surface area contributed by atoms with Gasteiger partial charge in [-0.15, -0.1) is 0 Å². The van der Waals surface area contributed by atoms with Crippen molar-refractivity contribution in [3.8, 4) is 5.75 Å². The number of hydrogen-bond donors (Lipinski definition) is 1. The van der Waals surface area contributed by atoms with E-state index in [1.54, 1.807) is 42.3 Å². The van der Waals surface area contributed by atoms with Crippen LogP contribution in [0.3, 0.4) is 0 Å². The van der Waals surface area contributed by atoms with E-state index in [0.29, 0.717) is 28.4 Å². The number of likely N-dealkylation sites (tertiary alicyclic amines) is 1. The van der Waals surface area contributed by atoms with Gasteiger partial charge in [-0.05, 0) is 42.3 Å². The maximum Gasteiger partial charge on any atom is 0.295 e. The molecule has 1 saturated heterocycles. The molecule has 0 radical (unpaired) electrons. The predicted molar refractivity (Wildman–Crippen MR) is 145 cm³/mol. The first kappa shape index (κ1) is 27.8. The average molecular weight is 512 g/mol. The molecule has 3 rings (SSSR count). The normalized spacial score (nSPS) is 17.1. The van der Waals surface area contributed by atoms with E-state index in [0.717, 1.165) is 19.3 Å². The van der Waals surface area contributed by atoms with Crippen LogP contribution in [0.5, 0.6) is 5.75 Å². The van der Waals surface area contributed by atoms with Crippen molar-refractivity contribution in [2.45, 2.75) is 77.2 Å². The number of aliphatic hydroxyl groups is 1. The van der Waals surface area contributed by atoms with Crippen LogP contribution in [-0.2, 0) is 9.59 Å². The first-order valence-electron chi connectivity index (χ1n) is 13.2. The van der Waals surface area contributed by atoms with Crippen LogP contribution in [0.1, 0.15) is 88.3 Å². The molecular weight excluding hydrogens is 474 g/mol. The summed E-state index contributed by atoms with van der Waals surface area (Å²) in [6.45, 7) is 2.67. The van der Waals surface area contributed by atoms with E-state index in [2.05, 4.69) is 6.92 Å². The minimum absolute atomic E-state index is 0.0744. The van der Waals surface area contributed by atoms with Gasteiger partial charge in [0.05, 0.1) is 18.7 Å².